The summed E-state index contributed by atoms with van der Waals surface area (Å²) >= 11 is 0. The van der Waals surface area contributed by atoms with Gasteiger partial charge in [-0.1, -0.05) is 0 Å². The molecule has 0 unspecified atom stereocenters. The zero-order chi connectivity index (χ0) is 9.76. The van der Waals surface area contributed by atoms with Gasteiger partial charge in [-0.15, -0.1) is 0 Å². The van der Waals surface area contributed by atoms with E-state index in [1.54, 1.807) is 0 Å². The van der Waals surface area contributed by atoms with Crippen molar-refractivity contribution in [2.45, 2.75) is 25.3 Å². The van der Waals surface area contributed by atoms with Crippen LogP contribution in [0.3, 0.4) is 0 Å². The molecule has 1 aliphatic carbocycles. The molecule has 1 aliphatic rings. The summed E-state index contributed by atoms with van der Waals surface area (Å²) < 4.78 is 1.90. The SMILES string of the molecule is Cc1ccn2ncc(C3(N)CC3)c2c1. The van der Waals surface area contributed by atoms with E-state index in [-0.39, 0.29) is 5.54 Å². The van der Waals surface area contributed by atoms with Gasteiger partial charge in [-0.2, -0.15) is 5.10 Å². The first-order valence-electron chi connectivity index (χ1n) is 4.92. The van der Waals surface area contributed by atoms with Crippen molar-refractivity contribution in [2.24, 2.45) is 5.73 Å². The molecule has 72 valence electrons. The Hall–Kier alpha value is -1.35. The third-order valence-electron chi connectivity index (χ3n) is 3.00. The Kier molecular flexibility index (Phi) is 1.35. The number of aromatic nitrogens is 2. The first-order chi connectivity index (χ1) is 6.69. The number of nitrogens with two attached hydrogens (primary N) is 1. The monoisotopic (exact) mass is 187 g/mol. The minimum atomic E-state index is -0.0878. The van der Waals surface area contributed by atoms with Crippen LogP contribution in [0.25, 0.3) is 5.52 Å². The van der Waals surface area contributed by atoms with E-state index in [1.807, 2.05) is 16.9 Å². The number of hydrogen-bond acceptors (Lipinski definition) is 2. The van der Waals surface area contributed by atoms with Gasteiger partial charge in [-0.05, 0) is 37.5 Å². The molecular weight excluding hydrogens is 174 g/mol. The zero-order valence-electron chi connectivity index (χ0n) is 8.20. The van der Waals surface area contributed by atoms with Crippen molar-refractivity contribution >= 4 is 5.52 Å². The van der Waals surface area contributed by atoms with Crippen LogP contribution in [0.5, 0.6) is 0 Å². The van der Waals surface area contributed by atoms with Crippen molar-refractivity contribution in [3.63, 3.8) is 0 Å². The number of rotatable bonds is 1. The van der Waals surface area contributed by atoms with Gasteiger partial charge in [-0.3, -0.25) is 0 Å². The molecule has 0 saturated heterocycles. The number of fused-ring (bicyclic) bond motifs is 1. The normalized spacial score (nSPS) is 18.7. The topological polar surface area (TPSA) is 43.3 Å². The lowest BCUT2D eigenvalue weighted by molar-refractivity contribution is 0.747. The van der Waals surface area contributed by atoms with Crippen molar-refractivity contribution < 1.29 is 0 Å². The Bertz CT molecular complexity index is 494. The fraction of sp³-hybridized carbons (Fsp3) is 0.364. The van der Waals surface area contributed by atoms with Crippen LogP contribution >= 0.6 is 0 Å². The van der Waals surface area contributed by atoms with Gasteiger partial charge in [0.1, 0.15) is 0 Å². The average molecular weight is 187 g/mol. The summed E-state index contributed by atoms with van der Waals surface area (Å²) in [6, 6.07) is 4.20. The van der Waals surface area contributed by atoms with Crippen LogP contribution in [0.1, 0.15) is 24.0 Å². The molecule has 0 aliphatic heterocycles. The van der Waals surface area contributed by atoms with Crippen molar-refractivity contribution in [1.82, 2.24) is 9.61 Å². The number of pyridine rings is 1. The number of aryl methyl sites for hydroxylation is 1. The van der Waals surface area contributed by atoms with Crippen LogP contribution in [0.4, 0.5) is 0 Å². The highest BCUT2D eigenvalue weighted by atomic mass is 15.2. The van der Waals surface area contributed by atoms with Crippen molar-refractivity contribution in [2.75, 3.05) is 0 Å². The molecule has 3 rings (SSSR count). The highest BCUT2D eigenvalue weighted by Gasteiger charge is 2.42. The summed E-state index contributed by atoms with van der Waals surface area (Å²) in [6.07, 6.45) is 6.06. The largest absolute Gasteiger partial charge is 0.321 e. The van der Waals surface area contributed by atoms with Gasteiger partial charge in [0.15, 0.2) is 0 Å². The van der Waals surface area contributed by atoms with Gasteiger partial charge < -0.3 is 5.73 Å². The zero-order valence-corrected chi connectivity index (χ0v) is 8.20. The second kappa shape index (κ2) is 2.36. The maximum atomic E-state index is 6.18. The predicted octanol–water partition coefficient (Wildman–Crippen LogP) is 1.59. The van der Waals surface area contributed by atoms with E-state index >= 15 is 0 Å². The Balaban J connectivity index is 2.29. The summed E-state index contributed by atoms with van der Waals surface area (Å²) in [5.74, 6) is 0. The predicted molar refractivity (Wildman–Crippen MR) is 55.0 cm³/mol. The molecule has 0 aromatic carbocycles. The lowest BCUT2D eigenvalue weighted by Gasteiger charge is -2.06. The standard InChI is InChI=1S/C11H13N3/c1-8-2-5-14-10(6-8)9(7-13-14)11(12)3-4-11/h2,5-7H,3-4,12H2,1H3. The third-order valence-corrected chi connectivity index (χ3v) is 3.00. The van der Waals surface area contributed by atoms with E-state index in [2.05, 4.69) is 24.2 Å². The molecule has 0 bridgehead atoms. The molecule has 2 aromatic rings. The summed E-state index contributed by atoms with van der Waals surface area (Å²) in [5.41, 5.74) is 9.69. The Labute approximate surface area is 82.5 Å². The molecule has 2 aromatic heterocycles. The number of nitrogens with zero attached hydrogens (tertiary/aromatic N) is 2. The van der Waals surface area contributed by atoms with E-state index in [0.717, 1.165) is 18.4 Å². The minimum absolute atomic E-state index is 0.0878. The van der Waals surface area contributed by atoms with Gasteiger partial charge in [0.2, 0.25) is 0 Å². The molecule has 2 heterocycles. The molecule has 1 fully saturated rings. The average Bonchev–Trinajstić information content (AvgIpc) is 2.77. The highest BCUT2D eigenvalue weighted by molar-refractivity contribution is 5.59. The van der Waals surface area contributed by atoms with Gasteiger partial charge in [0.25, 0.3) is 0 Å². The molecule has 0 amide bonds. The molecule has 3 heteroatoms. The summed E-state index contributed by atoms with van der Waals surface area (Å²) in [5, 5.41) is 4.30. The molecule has 0 spiro atoms. The summed E-state index contributed by atoms with van der Waals surface area (Å²) in [4.78, 5) is 0. The van der Waals surface area contributed by atoms with E-state index in [4.69, 9.17) is 5.73 Å². The first kappa shape index (κ1) is 8.00. The number of hydrogen-bond donors (Lipinski definition) is 1. The highest BCUT2D eigenvalue weighted by Crippen LogP contribution is 2.44. The van der Waals surface area contributed by atoms with Crippen molar-refractivity contribution in [3.05, 3.63) is 35.7 Å². The van der Waals surface area contributed by atoms with Crippen molar-refractivity contribution in [1.29, 1.82) is 0 Å². The third kappa shape index (κ3) is 0.990. The molecule has 0 atom stereocenters. The van der Waals surface area contributed by atoms with Crippen LogP contribution in [-0.4, -0.2) is 9.61 Å². The fourth-order valence-electron chi connectivity index (χ4n) is 1.87. The van der Waals surface area contributed by atoms with Crippen LogP contribution in [0.2, 0.25) is 0 Å². The summed E-state index contributed by atoms with van der Waals surface area (Å²) in [6.45, 7) is 2.09. The van der Waals surface area contributed by atoms with E-state index < -0.39 is 0 Å². The van der Waals surface area contributed by atoms with Gasteiger partial charge in [-0.25, -0.2) is 4.52 Å². The van der Waals surface area contributed by atoms with Gasteiger partial charge in [0.05, 0.1) is 11.7 Å². The Morgan fingerprint density at radius 2 is 2.29 bits per heavy atom. The van der Waals surface area contributed by atoms with Crippen LogP contribution in [0.15, 0.2) is 24.5 Å². The molecule has 3 nitrogen and oxygen atoms in total. The van der Waals surface area contributed by atoms with Crippen LogP contribution in [0, 0.1) is 6.92 Å². The minimum Gasteiger partial charge on any atom is -0.321 e. The van der Waals surface area contributed by atoms with Crippen LogP contribution in [-0.2, 0) is 5.54 Å². The lowest BCUT2D eigenvalue weighted by Crippen LogP contribution is -2.18. The van der Waals surface area contributed by atoms with E-state index in [1.165, 1.54) is 11.1 Å². The fourth-order valence-corrected chi connectivity index (χ4v) is 1.87. The smallest absolute Gasteiger partial charge is 0.0714 e. The Morgan fingerprint density at radius 1 is 1.50 bits per heavy atom. The van der Waals surface area contributed by atoms with Crippen molar-refractivity contribution in [3.8, 4) is 0 Å². The lowest BCUT2D eigenvalue weighted by atomic mass is 10.1. The second-order valence-corrected chi connectivity index (χ2v) is 4.25. The molecule has 14 heavy (non-hydrogen) atoms. The maximum Gasteiger partial charge on any atom is 0.0714 e. The van der Waals surface area contributed by atoms with Gasteiger partial charge in [0, 0.05) is 17.3 Å². The maximum absolute atomic E-state index is 6.18. The molecule has 1 saturated carbocycles. The van der Waals surface area contributed by atoms with Gasteiger partial charge >= 0.3 is 0 Å². The van der Waals surface area contributed by atoms with E-state index in [9.17, 15) is 0 Å². The Morgan fingerprint density at radius 3 is 3.00 bits per heavy atom. The first-order valence-corrected chi connectivity index (χ1v) is 4.92. The molecule has 0 radical (unpaired) electrons. The van der Waals surface area contributed by atoms with Crippen LogP contribution < -0.4 is 5.73 Å². The van der Waals surface area contributed by atoms with E-state index in [0.29, 0.717) is 0 Å². The summed E-state index contributed by atoms with van der Waals surface area (Å²) in [7, 11) is 0. The molecular formula is C11H13N3. The molecule has 2 N–H and O–H groups in total. The second-order valence-electron chi connectivity index (χ2n) is 4.25. The quantitative estimate of drug-likeness (QED) is 0.736.